The first-order valence-corrected chi connectivity index (χ1v) is 8.29. The molecule has 0 spiro atoms. The van der Waals surface area contributed by atoms with Crippen molar-refractivity contribution in [1.29, 1.82) is 0 Å². The molecule has 1 aliphatic heterocycles. The molecule has 0 saturated carbocycles. The van der Waals surface area contributed by atoms with E-state index in [2.05, 4.69) is 10.3 Å². The van der Waals surface area contributed by atoms with Crippen LogP contribution >= 0.6 is 11.6 Å². The van der Waals surface area contributed by atoms with Crippen LogP contribution in [0.1, 0.15) is 24.2 Å². The zero-order valence-electron chi connectivity index (χ0n) is 12.2. The van der Waals surface area contributed by atoms with Crippen LogP contribution in [0.25, 0.3) is 0 Å². The lowest BCUT2D eigenvalue weighted by Crippen LogP contribution is -2.33. The molecule has 1 heterocycles. The van der Waals surface area contributed by atoms with Gasteiger partial charge in [-0.3, -0.25) is 14.4 Å². The number of carbonyl (C=O) groups is 2. The highest BCUT2D eigenvalue weighted by atomic mass is 35.5. The van der Waals surface area contributed by atoms with E-state index in [0.29, 0.717) is 4.31 Å². The van der Waals surface area contributed by atoms with Crippen LogP contribution in [0.5, 0.6) is 0 Å². The number of benzene rings is 1. The predicted octanol–water partition coefficient (Wildman–Crippen LogP) is 1.33. The van der Waals surface area contributed by atoms with Crippen molar-refractivity contribution in [3.63, 3.8) is 0 Å². The standard InChI is InChI=1S/C13H15ClN2O5S/c1-13(2)7-22(19,20)16(12(13)18)8-4-5-10(14)9(6-8)11(17)15-21-3/h4-6H,7H2,1-3H3,(H,15,17). The van der Waals surface area contributed by atoms with Gasteiger partial charge >= 0.3 is 0 Å². The second-order valence-corrected chi connectivity index (χ2v) is 7.73. The van der Waals surface area contributed by atoms with Crippen LogP contribution in [0.15, 0.2) is 18.2 Å². The van der Waals surface area contributed by atoms with Crippen molar-refractivity contribution in [3.05, 3.63) is 28.8 Å². The Morgan fingerprint density at radius 2 is 2.05 bits per heavy atom. The summed E-state index contributed by atoms with van der Waals surface area (Å²) >= 11 is 5.93. The van der Waals surface area contributed by atoms with Crippen molar-refractivity contribution in [3.8, 4) is 0 Å². The lowest BCUT2D eigenvalue weighted by atomic mass is 9.95. The molecule has 1 aromatic carbocycles. The highest BCUT2D eigenvalue weighted by molar-refractivity contribution is 7.94. The van der Waals surface area contributed by atoms with Gasteiger partial charge in [0, 0.05) is 0 Å². The van der Waals surface area contributed by atoms with E-state index in [1.165, 1.54) is 25.3 Å². The summed E-state index contributed by atoms with van der Waals surface area (Å²) in [6.45, 7) is 3.11. The molecular formula is C13H15ClN2O5S. The fourth-order valence-electron chi connectivity index (χ4n) is 2.22. The Morgan fingerprint density at radius 3 is 2.55 bits per heavy atom. The summed E-state index contributed by atoms with van der Waals surface area (Å²) in [5.74, 6) is -1.48. The number of carbonyl (C=O) groups excluding carboxylic acids is 2. The summed E-state index contributed by atoms with van der Waals surface area (Å²) in [6.07, 6.45) is 0. The molecule has 9 heteroatoms. The molecule has 0 atom stereocenters. The van der Waals surface area contributed by atoms with Gasteiger partial charge in [-0.2, -0.15) is 0 Å². The van der Waals surface area contributed by atoms with Crippen LogP contribution in [0, 0.1) is 5.41 Å². The van der Waals surface area contributed by atoms with E-state index < -0.39 is 27.3 Å². The third-order valence-corrected chi connectivity index (χ3v) is 5.56. The first-order chi connectivity index (χ1) is 10.1. The van der Waals surface area contributed by atoms with Crippen LogP contribution in [0.3, 0.4) is 0 Å². The number of anilines is 1. The molecule has 0 aliphatic carbocycles. The van der Waals surface area contributed by atoms with Crippen LogP contribution in [0.4, 0.5) is 5.69 Å². The summed E-state index contributed by atoms with van der Waals surface area (Å²) in [5.41, 5.74) is 1.15. The predicted molar refractivity (Wildman–Crippen MR) is 81.0 cm³/mol. The zero-order valence-corrected chi connectivity index (χ0v) is 13.8. The smallest absolute Gasteiger partial charge is 0.276 e. The molecule has 1 aliphatic rings. The number of hydrogen-bond acceptors (Lipinski definition) is 5. The highest BCUT2D eigenvalue weighted by Gasteiger charge is 2.50. The van der Waals surface area contributed by atoms with Crippen molar-refractivity contribution < 1.29 is 22.8 Å². The third kappa shape index (κ3) is 2.81. The van der Waals surface area contributed by atoms with Crippen LogP contribution in [0.2, 0.25) is 5.02 Å². The van der Waals surface area contributed by atoms with Gasteiger partial charge in [-0.05, 0) is 32.0 Å². The van der Waals surface area contributed by atoms with Gasteiger partial charge in [-0.1, -0.05) is 11.6 Å². The maximum atomic E-state index is 12.3. The fourth-order valence-corrected chi connectivity index (χ4v) is 4.53. The summed E-state index contributed by atoms with van der Waals surface area (Å²) < 4.78 is 25.2. The first kappa shape index (κ1) is 16.7. The van der Waals surface area contributed by atoms with Crippen molar-refractivity contribution in [2.24, 2.45) is 5.41 Å². The van der Waals surface area contributed by atoms with E-state index >= 15 is 0 Å². The second-order valence-electron chi connectivity index (χ2n) is 5.51. The van der Waals surface area contributed by atoms with Gasteiger partial charge in [0.25, 0.3) is 5.91 Å². The van der Waals surface area contributed by atoms with Gasteiger partial charge in [-0.15, -0.1) is 0 Å². The second kappa shape index (κ2) is 5.53. The Balaban J connectivity index is 2.52. The number of nitrogens with zero attached hydrogens (tertiary/aromatic N) is 1. The number of amides is 2. The molecule has 2 rings (SSSR count). The molecule has 22 heavy (non-hydrogen) atoms. The zero-order chi connectivity index (χ0) is 16.7. The topological polar surface area (TPSA) is 92.8 Å². The average Bonchev–Trinajstić information content (AvgIpc) is 2.55. The number of rotatable bonds is 3. The van der Waals surface area contributed by atoms with Crippen molar-refractivity contribution >= 4 is 39.1 Å². The first-order valence-electron chi connectivity index (χ1n) is 6.30. The Bertz CT molecular complexity index is 745. The quantitative estimate of drug-likeness (QED) is 0.833. The Hall–Kier alpha value is -1.64. The number of sulfonamides is 1. The van der Waals surface area contributed by atoms with Crippen molar-refractivity contribution in [2.75, 3.05) is 17.2 Å². The number of hydroxylamine groups is 1. The number of halogens is 1. The maximum Gasteiger partial charge on any atom is 0.276 e. The minimum absolute atomic E-state index is 0.00808. The SMILES string of the molecule is CONC(=O)c1cc(N2C(=O)C(C)(C)CS2(=O)=O)ccc1Cl. The molecule has 1 aromatic rings. The van der Waals surface area contributed by atoms with Gasteiger partial charge in [0.15, 0.2) is 0 Å². The molecule has 1 fully saturated rings. The summed E-state index contributed by atoms with van der Waals surface area (Å²) in [7, 11) is -2.53. The summed E-state index contributed by atoms with van der Waals surface area (Å²) in [5, 5.41) is 0.113. The van der Waals surface area contributed by atoms with E-state index in [0.717, 1.165) is 0 Å². The molecule has 0 aromatic heterocycles. The average molecular weight is 347 g/mol. The largest absolute Gasteiger partial charge is 0.277 e. The summed E-state index contributed by atoms with van der Waals surface area (Å²) in [4.78, 5) is 28.7. The lowest BCUT2D eigenvalue weighted by Gasteiger charge is -2.18. The molecule has 1 saturated heterocycles. The molecule has 0 radical (unpaired) electrons. The number of nitrogens with one attached hydrogen (secondary N) is 1. The van der Waals surface area contributed by atoms with Gasteiger partial charge < -0.3 is 0 Å². The Labute approximate surface area is 133 Å². The summed E-state index contributed by atoms with van der Waals surface area (Å²) in [6, 6.07) is 3.98. The van der Waals surface area contributed by atoms with E-state index in [1.807, 2.05) is 0 Å². The monoisotopic (exact) mass is 346 g/mol. The van der Waals surface area contributed by atoms with E-state index in [4.69, 9.17) is 11.6 Å². The van der Waals surface area contributed by atoms with E-state index in [1.54, 1.807) is 13.8 Å². The van der Waals surface area contributed by atoms with Crippen LogP contribution in [-0.4, -0.2) is 33.1 Å². The highest BCUT2D eigenvalue weighted by Crippen LogP contribution is 2.36. The maximum absolute atomic E-state index is 12.3. The van der Waals surface area contributed by atoms with Crippen molar-refractivity contribution in [1.82, 2.24) is 5.48 Å². The third-order valence-electron chi connectivity index (χ3n) is 3.21. The molecule has 7 nitrogen and oxygen atoms in total. The molecule has 1 N–H and O–H groups in total. The van der Waals surface area contributed by atoms with Gasteiger partial charge in [0.05, 0.1) is 34.6 Å². The van der Waals surface area contributed by atoms with E-state index in [-0.39, 0.29) is 22.0 Å². The van der Waals surface area contributed by atoms with Gasteiger partial charge in [-0.25, -0.2) is 18.2 Å². The molecule has 0 bridgehead atoms. The van der Waals surface area contributed by atoms with Gasteiger partial charge in [0.1, 0.15) is 0 Å². The number of hydrogen-bond donors (Lipinski definition) is 1. The normalized spacial score (nSPS) is 19.3. The Kier molecular flexibility index (Phi) is 4.20. The fraction of sp³-hybridized carbons (Fsp3) is 0.385. The Morgan fingerprint density at radius 1 is 1.41 bits per heavy atom. The van der Waals surface area contributed by atoms with Crippen LogP contribution in [-0.2, 0) is 19.7 Å². The molecule has 2 amide bonds. The minimum atomic E-state index is -3.79. The van der Waals surface area contributed by atoms with Crippen LogP contribution < -0.4 is 9.79 Å². The lowest BCUT2D eigenvalue weighted by molar-refractivity contribution is -0.123. The molecule has 120 valence electrons. The molecular weight excluding hydrogens is 332 g/mol. The van der Waals surface area contributed by atoms with Gasteiger partial charge in [0.2, 0.25) is 15.9 Å². The van der Waals surface area contributed by atoms with Crippen molar-refractivity contribution in [2.45, 2.75) is 13.8 Å². The molecule has 0 unspecified atom stereocenters. The minimum Gasteiger partial charge on any atom is -0.277 e. The van der Waals surface area contributed by atoms with E-state index in [9.17, 15) is 18.0 Å².